The average Bonchev–Trinajstić information content (AvgIpc) is 2.79. The molecule has 0 spiro atoms. The molecule has 10 heteroatoms. The molecule has 1 aromatic carbocycles. The minimum absolute atomic E-state index is 0.0217. The Balaban J connectivity index is 1.41. The van der Waals surface area contributed by atoms with Gasteiger partial charge in [-0.2, -0.15) is 0 Å². The first-order valence-electron chi connectivity index (χ1n) is 9.98. The number of nitro benzene ring substituents is 1. The highest BCUT2D eigenvalue weighted by Gasteiger charge is 2.24. The van der Waals surface area contributed by atoms with E-state index in [0.717, 1.165) is 30.5 Å². The smallest absolute Gasteiger partial charge is 0.269 e. The van der Waals surface area contributed by atoms with Crippen molar-refractivity contribution in [2.24, 2.45) is 0 Å². The highest BCUT2D eigenvalue weighted by atomic mass is 16.6. The summed E-state index contributed by atoms with van der Waals surface area (Å²) in [6.45, 7) is 7.36. The van der Waals surface area contributed by atoms with Crippen molar-refractivity contribution in [2.45, 2.75) is 6.92 Å². The summed E-state index contributed by atoms with van der Waals surface area (Å²) in [5, 5.41) is 10.8. The van der Waals surface area contributed by atoms with E-state index in [4.69, 9.17) is 4.74 Å². The van der Waals surface area contributed by atoms with Crippen LogP contribution < -0.4 is 9.80 Å². The van der Waals surface area contributed by atoms with E-state index in [2.05, 4.69) is 19.8 Å². The predicted octanol–water partition coefficient (Wildman–Crippen LogP) is 1.49. The van der Waals surface area contributed by atoms with E-state index in [-0.39, 0.29) is 11.6 Å². The molecule has 30 heavy (non-hydrogen) atoms. The molecular weight excluding hydrogens is 388 g/mol. The van der Waals surface area contributed by atoms with E-state index in [9.17, 15) is 14.9 Å². The van der Waals surface area contributed by atoms with Crippen LogP contribution in [0.1, 0.15) is 16.2 Å². The Bertz CT molecular complexity index is 921. The summed E-state index contributed by atoms with van der Waals surface area (Å²) in [6.07, 6.45) is 0. The molecule has 2 saturated heterocycles. The molecule has 0 unspecified atom stereocenters. The Morgan fingerprint density at radius 3 is 2.10 bits per heavy atom. The number of nitro groups is 1. The minimum atomic E-state index is -0.470. The van der Waals surface area contributed by atoms with Crippen molar-refractivity contribution >= 4 is 23.2 Å². The van der Waals surface area contributed by atoms with Crippen LogP contribution in [0.25, 0.3) is 0 Å². The van der Waals surface area contributed by atoms with Crippen LogP contribution in [0.2, 0.25) is 0 Å². The molecule has 0 N–H and O–H groups in total. The number of piperazine rings is 1. The van der Waals surface area contributed by atoms with Gasteiger partial charge in [-0.1, -0.05) is 0 Å². The number of carbonyl (C=O) groups excluding carboxylic acids is 1. The maximum absolute atomic E-state index is 12.7. The van der Waals surface area contributed by atoms with Crippen LogP contribution in [0.3, 0.4) is 0 Å². The van der Waals surface area contributed by atoms with Crippen LogP contribution in [0, 0.1) is 17.0 Å². The van der Waals surface area contributed by atoms with Crippen LogP contribution in [0.5, 0.6) is 0 Å². The van der Waals surface area contributed by atoms with Crippen molar-refractivity contribution in [3.63, 3.8) is 0 Å². The molecule has 0 atom stereocenters. The fraction of sp³-hybridized carbons (Fsp3) is 0.450. The standard InChI is InChI=1S/C20H24N6O4/c1-15-21-18(14-19(22-15)24-10-12-30-13-11-24)23-6-8-25(9-7-23)20(27)16-2-4-17(5-3-16)26(28)29/h2-5,14H,6-13H2,1H3. The summed E-state index contributed by atoms with van der Waals surface area (Å²) in [5.74, 6) is 2.38. The summed E-state index contributed by atoms with van der Waals surface area (Å²) >= 11 is 0. The number of carbonyl (C=O) groups is 1. The van der Waals surface area contributed by atoms with E-state index in [1.54, 1.807) is 4.90 Å². The second-order valence-corrected chi connectivity index (χ2v) is 7.31. The second kappa shape index (κ2) is 8.62. The van der Waals surface area contributed by atoms with Crippen LogP contribution in [0.4, 0.5) is 17.3 Å². The fourth-order valence-electron chi connectivity index (χ4n) is 3.70. The van der Waals surface area contributed by atoms with Gasteiger partial charge in [0.1, 0.15) is 17.5 Å². The molecule has 10 nitrogen and oxygen atoms in total. The molecule has 2 aliphatic heterocycles. The lowest BCUT2D eigenvalue weighted by molar-refractivity contribution is -0.384. The first-order valence-corrected chi connectivity index (χ1v) is 9.98. The molecule has 2 aromatic rings. The number of amides is 1. The highest BCUT2D eigenvalue weighted by molar-refractivity contribution is 5.94. The first-order chi connectivity index (χ1) is 14.5. The number of aryl methyl sites for hydroxylation is 1. The third-order valence-corrected chi connectivity index (χ3v) is 5.36. The van der Waals surface area contributed by atoms with Crippen molar-refractivity contribution in [1.29, 1.82) is 0 Å². The van der Waals surface area contributed by atoms with Gasteiger partial charge in [0.2, 0.25) is 0 Å². The fourth-order valence-corrected chi connectivity index (χ4v) is 3.70. The van der Waals surface area contributed by atoms with Crippen LogP contribution in [-0.2, 0) is 4.74 Å². The Morgan fingerprint density at radius 2 is 1.53 bits per heavy atom. The molecule has 3 heterocycles. The van der Waals surface area contributed by atoms with Gasteiger partial charge in [-0.25, -0.2) is 9.97 Å². The maximum atomic E-state index is 12.7. The number of hydrogen-bond acceptors (Lipinski definition) is 8. The third-order valence-electron chi connectivity index (χ3n) is 5.36. The van der Waals surface area contributed by atoms with Gasteiger partial charge in [0.15, 0.2) is 0 Å². The number of non-ortho nitro benzene ring substituents is 1. The molecule has 0 aliphatic carbocycles. The number of benzene rings is 1. The lowest BCUT2D eigenvalue weighted by Crippen LogP contribution is -2.49. The van der Waals surface area contributed by atoms with Crippen molar-refractivity contribution in [3.8, 4) is 0 Å². The zero-order valence-corrected chi connectivity index (χ0v) is 16.9. The number of aromatic nitrogens is 2. The van der Waals surface area contributed by atoms with E-state index in [1.807, 2.05) is 13.0 Å². The Labute approximate surface area is 174 Å². The van der Waals surface area contributed by atoms with Crippen molar-refractivity contribution in [3.05, 3.63) is 51.8 Å². The van der Waals surface area contributed by atoms with Gasteiger partial charge in [-0.3, -0.25) is 14.9 Å². The van der Waals surface area contributed by atoms with Crippen LogP contribution in [0.15, 0.2) is 30.3 Å². The van der Waals surface area contributed by atoms with Crippen molar-refractivity contribution in [1.82, 2.24) is 14.9 Å². The monoisotopic (exact) mass is 412 g/mol. The van der Waals surface area contributed by atoms with Gasteiger partial charge in [0.05, 0.1) is 18.1 Å². The molecule has 2 aliphatic rings. The Kier molecular flexibility index (Phi) is 5.75. The summed E-state index contributed by atoms with van der Waals surface area (Å²) < 4.78 is 5.42. The highest BCUT2D eigenvalue weighted by Crippen LogP contribution is 2.22. The van der Waals surface area contributed by atoms with Gasteiger partial charge < -0.3 is 19.4 Å². The van der Waals surface area contributed by atoms with Gasteiger partial charge in [0.25, 0.3) is 11.6 Å². The largest absolute Gasteiger partial charge is 0.378 e. The normalized spacial score (nSPS) is 17.2. The van der Waals surface area contributed by atoms with Crippen molar-refractivity contribution in [2.75, 3.05) is 62.3 Å². The van der Waals surface area contributed by atoms with E-state index < -0.39 is 4.92 Å². The molecule has 1 amide bonds. The van der Waals surface area contributed by atoms with Crippen LogP contribution >= 0.6 is 0 Å². The van der Waals surface area contributed by atoms with E-state index in [0.29, 0.717) is 45.0 Å². The van der Waals surface area contributed by atoms with Gasteiger partial charge in [-0.05, 0) is 19.1 Å². The molecule has 1 aromatic heterocycles. The summed E-state index contributed by atoms with van der Waals surface area (Å²) in [6, 6.07) is 7.75. The molecule has 158 valence electrons. The SMILES string of the molecule is Cc1nc(N2CCOCC2)cc(N2CCN(C(=O)c3ccc([N+](=O)[O-])cc3)CC2)n1. The lowest BCUT2D eigenvalue weighted by atomic mass is 10.1. The molecule has 2 fully saturated rings. The first kappa shape index (κ1) is 20.0. The number of nitrogens with zero attached hydrogens (tertiary/aromatic N) is 6. The van der Waals surface area contributed by atoms with Gasteiger partial charge in [-0.15, -0.1) is 0 Å². The third kappa shape index (κ3) is 4.33. The maximum Gasteiger partial charge on any atom is 0.269 e. The zero-order chi connectivity index (χ0) is 21.1. The molecule has 0 saturated carbocycles. The summed E-state index contributed by atoms with van der Waals surface area (Å²) in [4.78, 5) is 38.4. The topological polar surface area (TPSA) is 105 Å². The molecule has 0 bridgehead atoms. The zero-order valence-electron chi connectivity index (χ0n) is 16.9. The molecule has 4 rings (SSSR count). The average molecular weight is 412 g/mol. The van der Waals surface area contributed by atoms with Gasteiger partial charge in [0, 0.05) is 63.0 Å². The number of hydrogen-bond donors (Lipinski definition) is 0. The van der Waals surface area contributed by atoms with Crippen molar-refractivity contribution < 1.29 is 14.5 Å². The molecular formula is C20H24N6O4. The minimum Gasteiger partial charge on any atom is -0.378 e. The number of ether oxygens (including phenoxy) is 1. The van der Waals surface area contributed by atoms with E-state index >= 15 is 0 Å². The van der Waals surface area contributed by atoms with Crippen LogP contribution in [-0.4, -0.2) is 78.2 Å². The Morgan fingerprint density at radius 1 is 0.967 bits per heavy atom. The van der Waals surface area contributed by atoms with Gasteiger partial charge >= 0.3 is 0 Å². The summed E-state index contributed by atoms with van der Waals surface area (Å²) in [7, 11) is 0. The second-order valence-electron chi connectivity index (χ2n) is 7.31. The number of anilines is 2. The molecule has 0 radical (unpaired) electrons. The quantitative estimate of drug-likeness (QED) is 0.549. The lowest BCUT2D eigenvalue weighted by Gasteiger charge is -2.36. The van der Waals surface area contributed by atoms with E-state index in [1.165, 1.54) is 24.3 Å². The Hall–Kier alpha value is -3.27. The summed E-state index contributed by atoms with van der Waals surface area (Å²) in [5.41, 5.74) is 0.438. The number of rotatable bonds is 4. The predicted molar refractivity (Wildman–Crippen MR) is 111 cm³/mol. The number of morpholine rings is 1.